The largest absolute Gasteiger partial charge is 0.586 e. The molecule has 6 nitrogen and oxygen atoms in total. The van der Waals surface area contributed by atoms with Crippen molar-refractivity contribution in [2.24, 2.45) is 7.05 Å². The molecule has 0 unspecified atom stereocenters. The van der Waals surface area contributed by atoms with Gasteiger partial charge in [-0.15, -0.1) is 8.78 Å². The molecule has 1 N–H and O–H groups in total. The van der Waals surface area contributed by atoms with Crippen LogP contribution in [0.15, 0.2) is 18.2 Å². The lowest BCUT2D eigenvalue weighted by atomic mass is 10.2. The Balaban J connectivity index is 1.84. The van der Waals surface area contributed by atoms with E-state index in [1.807, 2.05) is 0 Å². The van der Waals surface area contributed by atoms with E-state index in [1.54, 1.807) is 14.0 Å². The van der Waals surface area contributed by atoms with Crippen LogP contribution in [-0.4, -0.2) is 22.0 Å². The Hall–Kier alpha value is -2.35. The van der Waals surface area contributed by atoms with Crippen LogP contribution in [0, 0.1) is 6.92 Å². The molecule has 0 fully saturated rings. The van der Waals surface area contributed by atoms with Crippen LogP contribution in [0.1, 0.15) is 16.1 Å². The molecule has 1 amide bonds. The van der Waals surface area contributed by atoms with Crippen LogP contribution in [0.4, 0.5) is 14.5 Å². The van der Waals surface area contributed by atoms with Gasteiger partial charge in [-0.05, 0) is 19.1 Å². The number of anilines is 1. The third-order valence-electron chi connectivity index (χ3n) is 3.04. The second kappa shape index (κ2) is 4.84. The maximum absolute atomic E-state index is 12.9. The number of fused-ring (bicyclic) bond motifs is 1. The number of alkyl halides is 2. The van der Waals surface area contributed by atoms with Gasteiger partial charge in [-0.25, -0.2) is 0 Å². The van der Waals surface area contributed by atoms with Gasteiger partial charge in [0.25, 0.3) is 5.91 Å². The molecule has 3 rings (SSSR count). The van der Waals surface area contributed by atoms with E-state index in [2.05, 4.69) is 19.9 Å². The summed E-state index contributed by atoms with van der Waals surface area (Å²) in [6, 6.07) is 3.94. The predicted molar refractivity (Wildman–Crippen MR) is 73.6 cm³/mol. The number of aryl methyl sites for hydroxylation is 2. The molecule has 2 aromatic rings. The first-order valence-electron chi connectivity index (χ1n) is 6.17. The summed E-state index contributed by atoms with van der Waals surface area (Å²) in [7, 11) is 1.61. The highest BCUT2D eigenvalue weighted by Gasteiger charge is 2.43. The Morgan fingerprint density at radius 2 is 2.05 bits per heavy atom. The normalized spacial score (nSPS) is 15.0. The number of halogens is 3. The van der Waals surface area contributed by atoms with Gasteiger partial charge < -0.3 is 14.8 Å². The zero-order valence-corrected chi connectivity index (χ0v) is 12.2. The van der Waals surface area contributed by atoms with Gasteiger partial charge in [0.1, 0.15) is 5.15 Å². The zero-order chi connectivity index (χ0) is 16.1. The van der Waals surface area contributed by atoms with Crippen molar-refractivity contribution >= 4 is 23.2 Å². The molecule has 22 heavy (non-hydrogen) atoms. The van der Waals surface area contributed by atoms with Gasteiger partial charge in [-0.1, -0.05) is 11.6 Å². The summed E-state index contributed by atoms with van der Waals surface area (Å²) in [5.74, 6) is -0.753. The van der Waals surface area contributed by atoms with Crippen molar-refractivity contribution in [1.29, 1.82) is 0 Å². The van der Waals surface area contributed by atoms with Crippen LogP contribution < -0.4 is 14.8 Å². The summed E-state index contributed by atoms with van der Waals surface area (Å²) in [4.78, 5) is 12.2. The van der Waals surface area contributed by atoms with Crippen LogP contribution in [0.25, 0.3) is 0 Å². The molecule has 0 atom stereocenters. The Labute approximate surface area is 128 Å². The number of nitrogens with one attached hydrogen (secondary N) is 1. The molecule has 0 saturated carbocycles. The quantitative estimate of drug-likeness (QED) is 0.920. The number of hydrogen-bond acceptors (Lipinski definition) is 4. The number of carbonyl (C=O) groups excluding carboxylic acids is 1. The molecule has 0 radical (unpaired) electrons. The standard InChI is InChI=1S/C13H10ClF2N3O3/c1-6-10(11(14)19(2)18-6)12(20)17-7-3-4-8-9(5-7)22-13(15,16)21-8/h3-5H,1-2H3,(H,17,20). The van der Waals surface area contributed by atoms with Crippen molar-refractivity contribution in [2.75, 3.05) is 5.32 Å². The summed E-state index contributed by atoms with van der Waals surface area (Å²) in [6.07, 6.45) is -3.70. The number of carbonyl (C=O) groups is 1. The zero-order valence-electron chi connectivity index (χ0n) is 11.5. The summed E-state index contributed by atoms with van der Waals surface area (Å²) in [5.41, 5.74) is 0.939. The van der Waals surface area contributed by atoms with E-state index in [-0.39, 0.29) is 27.9 Å². The lowest BCUT2D eigenvalue weighted by molar-refractivity contribution is -0.286. The van der Waals surface area contributed by atoms with Gasteiger partial charge in [0.15, 0.2) is 11.5 Å². The number of aromatic nitrogens is 2. The molecular formula is C13H10ClF2N3O3. The lowest BCUT2D eigenvalue weighted by Gasteiger charge is -2.06. The smallest absolute Gasteiger partial charge is 0.395 e. The highest BCUT2D eigenvalue weighted by atomic mass is 35.5. The number of nitrogens with zero attached hydrogens (tertiary/aromatic N) is 2. The number of hydrogen-bond donors (Lipinski definition) is 1. The van der Waals surface area contributed by atoms with Crippen molar-refractivity contribution in [3.8, 4) is 11.5 Å². The van der Waals surface area contributed by atoms with E-state index >= 15 is 0 Å². The van der Waals surface area contributed by atoms with Gasteiger partial charge in [0.2, 0.25) is 0 Å². The fourth-order valence-corrected chi connectivity index (χ4v) is 2.37. The Kier molecular flexibility index (Phi) is 3.21. The summed E-state index contributed by atoms with van der Waals surface area (Å²) in [6.45, 7) is 1.64. The Morgan fingerprint density at radius 3 is 2.68 bits per heavy atom. The van der Waals surface area contributed by atoms with Crippen molar-refractivity contribution in [3.05, 3.63) is 34.6 Å². The highest BCUT2D eigenvalue weighted by molar-refractivity contribution is 6.33. The van der Waals surface area contributed by atoms with Crippen molar-refractivity contribution in [1.82, 2.24) is 9.78 Å². The summed E-state index contributed by atoms with van der Waals surface area (Å²) < 4.78 is 35.9. The molecular weight excluding hydrogens is 320 g/mol. The number of benzene rings is 1. The van der Waals surface area contributed by atoms with E-state index in [0.29, 0.717) is 5.69 Å². The highest BCUT2D eigenvalue weighted by Crippen LogP contribution is 2.42. The van der Waals surface area contributed by atoms with E-state index in [1.165, 1.54) is 22.9 Å². The monoisotopic (exact) mass is 329 g/mol. The van der Waals surface area contributed by atoms with Crippen LogP contribution in [-0.2, 0) is 7.05 Å². The number of ether oxygens (including phenoxy) is 2. The summed E-state index contributed by atoms with van der Waals surface area (Å²) in [5, 5.41) is 6.77. The molecule has 2 heterocycles. The van der Waals surface area contributed by atoms with Gasteiger partial charge >= 0.3 is 6.29 Å². The molecule has 0 aliphatic carbocycles. The Morgan fingerprint density at radius 1 is 1.36 bits per heavy atom. The average molecular weight is 330 g/mol. The maximum Gasteiger partial charge on any atom is 0.586 e. The van der Waals surface area contributed by atoms with Crippen LogP contribution in [0.3, 0.4) is 0 Å². The van der Waals surface area contributed by atoms with Gasteiger partial charge in [-0.2, -0.15) is 5.10 Å². The molecule has 1 aliphatic heterocycles. The molecule has 1 aromatic heterocycles. The van der Waals surface area contributed by atoms with E-state index < -0.39 is 12.2 Å². The number of rotatable bonds is 2. The van der Waals surface area contributed by atoms with Crippen molar-refractivity contribution in [2.45, 2.75) is 13.2 Å². The topological polar surface area (TPSA) is 65.4 Å². The van der Waals surface area contributed by atoms with Crippen molar-refractivity contribution < 1.29 is 23.0 Å². The molecule has 1 aromatic carbocycles. The first kappa shape index (κ1) is 14.6. The minimum absolute atomic E-state index is 0.0985. The first-order valence-corrected chi connectivity index (χ1v) is 6.55. The predicted octanol–water partition coefficient (Wildman–Crippen LogP) is 2.96. The molecule has 116 valence electrons. The van der Waals surface area contributed by atoms with E-state index in [9.17, 15) is 13.6 Å². The SMILES string of the molecule is Cc1nn(C)c(Cl)c1C(=O)Nc1ccc2c(c1)OC(F)(F)O2. The minimum Gasteiger partial charge on any atom is -0.395 e. The minimum atomic E-state index is -3.70. The van der Waals surface area contributed by atoms with Crippen LogP contribution in [0.2, 0.25) is 5.15 Å². The van der Waals surface area contributed by atoms with Gasteiger partial charge in [0.05, 0.1) is 11.3 Å². The van der Waals surface area contributed by atoms with Crippen LogP contribution >= 0.6 is 11.6 Å². The fraction of sp³-hybridized carbons (Fsp3) is 0.231. The number of amides is 1. The second-order valence-electron chi connectivity index (χ2n) is 4.66. The fourth-order valence-electron chi connectivity index (χ4n) is 2.11. The molecule has 1 aliphatic rings. The summed E-state index contributed by atoms with van der Waals surface area (Å²) >= 11 is 6.00. The van der Waals surface area contributed by atoms with E-state index in [4.69, 9.17) is 11.6 Å². The maximum atomic E-state index is 12.9. The molecule has 0 saturated heterocycles. The van der Waals surface area contributed by atoms with Crippen molar-refractivity contribution in [3.63, 3.8) is 0 Å². The lowest BCUT2D eigenvalue weighted by Crippen LogP contribution is -2.25. The first-order chi connectivity index (χ1) is 10.3. The average Bonchev–Trinajstić information content (AvgIpc) is 2.84. The third-order valence-corrected chi connectivity index (χ3v) is 3.47. The molecule has 0 spiro atoms. The van der Waals surface area contributed by atoms with Gasteiger partial charge in [0, 0.05) is 18.8 Å². The van der Waals surface area contributed by atoms with Gasteiger partial charge in [-0.3, -0.25) is 9.48 Å². The molecule has 0 bridgehead atoms. The Bertz CT molecular complexity index is 776. The van der Waals surface area contributed by atoms with E-state index in [0.717, 1.165) is 0 Å². The second-order valence-corrected chi connectivity index (χ2v) is 5.02. The van der Waals surface area contributed by atoms with Crippen LogP contribution in [0.5, 0.6) is 11.5 Å². The molecule has 9 heteroatoms. The third kappa shape index (κ3) is 2.45.